The van der Waals surface area contributed by atoms with Crippen molar-refractivity contribution in [2.45, 2.75) is 98.7 Å². The molecule has 4 bridgehead atoms. The van der Waals surface area contributed by atoms with Gasteiger partial charge in [0, 0.05) is 6.42 Å². The maximum absolute atomic E-state index is 13.0. The zero-order chi connectivity index (χ0) is 24.7. The summed E-state index contributed by atoms with van der Waals surface area (Å²) >= 11 is 0. The van der Waals surface area contributed by atoms with Crippen LogP contribution in [-0.4, -0.2) is 49.4 Å². The van der Waals surface area contributed by atoms with Gasteiger partial charge in [0.05, 0.1) is 16.9 Å². The van der Waals surface area contributed by atoms with E-state index in [0.717, 1.165) is 19.3 Å². The highest BCUT2D eigenvalue weighted by atomic mass is 16.6. The first kappa shape index (κ1) is 26.0. The van der Waals surface area contributed by atoms with E-state index < -0.39 is 17.0 Å². The fourth-order valence-corrected chi connectivity index (χ4v) is 5.96. The third-order valence-corrected chi connectivity index (χ3v) is 7.77. The maximum Gasteiger partial charge on any atom is 0.332 e. The fraction of sp³-hybridized carbons (Fsp3) is 0.885. The Morgan fingerprint density at radius 1 is 0.970 bits per heavy atom. The van der Waals surface area contributed by atoms with E-state index in [2.05, 4.69) is 20.8 Å². The van der Waals surface area contributed by atoms with Gasteiger partial charge in [-0.05, 0) is 55.8 Å². The molecule has 5 unspecified atom stereocenters. The molecule has 0 N–H and O–H groups in total. The van der Waals surface area contributed by atoms with E-state index in [0.29, 0.717) is 25.2 Å². The summed E-state index contributed by atoms with van der Waals surface area (Å²) in [6, 6.07) is 0. The van der Waals surface area contributed by atoms with Gasteiger partial charge in [-0.15, -0.1) is 0 Å². The van der Waals surface area contributed by atoms with Crippen LogP contribution in [0.1, 0.15) is 87.0 Å². The van der Waals surface area contributed by atoms with Crippen LogP contribution in [0.2, 0.25) is 0 Å². The lowest BCUT2D eigenvalue weighted by Crippen LogP contribution is -2.47. The molecule has 0 aromatic rings. The molecule has 188 valence electrons. The third kappa shape index (κ3) is 6.09. The molecule has 7 heteroatoms. The third-order valence-electron chi connectivity index (χ3n) is 7.77. The van der Waals surface area contributed by atoms with E-state index in [1.807, 2.05) is 27.7 Å². The second-order valence-corrected chi connectivity index (χ2v) is 12.9. The monoisotopic (exact) mass is 466 g/mol. The molecule has 2 aliphatic heterocycles. The van der Waals surface area contributed by atoms with Gasteiger partial charge in [-0.1, -0.05) is 41.5 Å². The SMILES string of the molecule is CC(C)(C)CC(C)(C(=O)OCCOC(=O)COC12CC3CC(C1)OC(=O)C(C3)C2)C(C)(C)C. The number of fused-ring (bicyclic) bond motifs is 1. The molecule has 0 aromatic carbocycles. The van der Waals surface area contributed by atoms with Crippen molar-refractivity contribution in [3.63, 3.8) is 0 Å². The molecule has 0 radical (unpaired) electrons. The van der Waals surface area contributed by atoms with Crippen molar-refractivity contribution >= 4 is 17.9 Å². The Kier molecular flexibility index (Phi) is 7.24. The first-order valence-electron chi connectivity index (χ1n) is 12.3. The molecular weight excluding hydrogens is 424 g/mol. The predicted molar refractivity (Wildman–Crippen MR) is 122 cm³/mol. The Morgan fingerprint density at radius 2 is 1.64 bits per heavy atom. The summed E-state index contributed by atoms with van der Waals surface area (Å²) in [5.74, 6) is -0.593. The van der Waals surface area contributed by atoms with Crippen LogP contribution in [0.3, 0.4) is 0 Å². The first-order valence-corrected chi connectivity index (χ1v) is 12.3. The van der Waals surface area contributed by atoms with E-state index in [1.165, 1.54) is 0 Å². The summed E-state index contributed by atoms with van der Waals surface area (Å²) in [6.07, 6.45) is 4.46. The summed E-state index contributed by atoms with van der Waals surface area (Å²) in [6.45, 7) is 14.3. The molecule has 33 heavy (non-hydrogen) atoms. The minimum atomic E-state index is -0.658. The van der Waals surface area contributed by atoms with Crippen molar-refractivity contribution in [1.29, 1.82) is 0 Å². The zero-order valence-electron chi connectivity index (χ0n) is 21.5. The molecule has 4 fully saturated rings. The molecular formula is C26H42O7. The van der Waals surface area contributed by atoms with Crippen LogP contribution in [-0.2, 0) is 33.3 Å². The number of rotatable bonds is 8. The molecule has 2 aliphatic carbocycles. The highest BCUT2D eigenvalue weighted by Gasteiger charge is 2.53. The molecule has 0 amide bonds. The summed E-state index contributed by atoms with van der Waals surface area (Å²) in [5.41, 5.74) is -1.44. The van der Waals surface area contributed by atoms with E-state index >= 15 is 0 Å². The maximum atomic E-state index is 13.0. The van der Waals surface area contributed by atoms with Crippen molar-refractivity contribution in [2.24, 2.45) is 28.1 Å². The van der Waals surface area contributed by atoms with Gasteiger partial charge in [-0.2, -0.15) is 0 Å². The van der Waals surface area contributed by atoms with Crippen molar-refractivity contribution in [1.82, 2.24) is 0 Å². The Hall–Kier alpha value is -1.63. The number of hydrogen-bond donors (Lipinski definition) is 0. The van der Waals surface area contributed by atoms with E-state index in [4.69, 9.17) is 18.9 Å². The van der Waals surface area contributed by atoms with Gasteiger partial charge in [0.1, 0.15) is 25.9 Å². The highest BCUT2D eigenvalue weighted by molar-refractivity contribution is 5.77. The predicted octanol–water partition coefficient (Wildman–Crippen LogP) is 4.45. The van der Waals surface area contributed by atoms with Gasteiger partial charge in [0.2, 0.25) is 0 Å². The molecule has 2 saturated heterocycles. The number of carbonyl (C=O) groups is 3. The van der Waals surface area contributed by atoms with Crippen LogP contribution >= 0.6 is 0 Å². The van der Waals surface area contributed by atoms with Crippen LogP contribution in [0.5, 0.6) is 0 Å². The average Bonchev–Trinajstić information content (AvgIpc) is 2.82. The summed E-state index contributed by atoms with van der Waals surface area (Å²) in [5, 5.41) is 0. The van der Waals surface area contributed by atoms with E-state index in [-0.39, 0.29) is 54.6 Å². The van der Waals surface area contributed by atoms with Crippen molar-refractivity contribution < 1.29 is 33.3 Å². The quantitative estimate of drug-likeness (QED) is 0.297. The lowest BCUT2D eigenvalue weighted by atomic mass is 9.61. The van der Waals surface area contributed by atoms with Gasteiger partial charge in [-0.3, -0.25) is 9.59 Å². The molecule has 0 spiro atoms. The lowest BCUT2D eigenvalue weighted by molar-refractivity contribution is -0.174. The number of hydrogen-bond acceptors (Lipinski definition) is 7. The molecule has 5 atom stereocenters. The Morgan fingerprint density at radius 3 is 2.27 bits per heavy atom. The van der Waals surface area contributed by atoms with Crippen LogP contribution in [0.4, 0.5) is 0 Å². The number of carbonyl (C=O) groups excluding carboxylic acids is 3. The zero-order valence-corrected chi connectivity index (χ0v) is 21.5. The second-order valence-electron chi connectivity index (χ2n) is 12.9. The Bertz CT molecular complexity index is 762. The second kappa shape index (κ2) is 9.20. The summed E-state index contributed by atoms with van der Waals surface area (Å²) < 4.78 is 22.4. The molecule has 4 aliphatic rings. The Labute approximate surface area is 198 Å². The standard InChI is InChI=1S/C26H42O7/c1-23(2,3)16-25(7,24(4,5)6)22(29)31-9-8-30-20(27)15-32-26-12-17-10-18(13-26)21(28)33-19(11-17)14-26/h17-19H,8-16H2,1-7H3. The van der Waals surface area contributed by atoms with E-state index in [9.17, 15) is 14.4 Å². The number of ether oxygens (including phenoxy) is 4. The lowest BCUT2D eigenvalue weighted by Gasteiger charge is -2.45. The van der Waals surface area contributed by atoms with E-state index in [1.54, 1.807) is 0 Å². The van der Waals surface area contributed by atoms with Gasteiger partial charge < -0.3 is 18.9 Å². The smallest absolute Gasteiger partial charge is 0.332 e. The molecule has 2 saturated carbocycles. The molecule has 4 rings (SSSR count). The summed E-state index contributed by atoms with van der Waals surface area (Å²) in [4.78, 5) is 37.4. The number of esters is 3. The molecule has 2 heterocycles. The normalized spacial score (nSPS) is 30.9. The molecule has 7 nitrogen and oxygen atoms in total. The summed E-state index contributed by atoms with van der Waals surface area (Å²) in [7, 11) is 0. The largest absolute Gasteiger partial charge is 0.462 e. The van der Waals surface area contributed by atoms with Crippen LogP contribution < -0.4 is 0 Å². The van der Waals surface area contributed by atoms with Crippen LogP contribution in [0.25, 0.3) is 0 Å². The van der Waals surface area contributed by atoms with Crippen molar-refractivity contribution in [3.05, 3.63) is 0 Å². The molecule has 0 aromatic heterocycles. The minimum Gasteiger partial charge on any atom is -0.462 e. The minimum absolute atomic E-state index is 0.00779. The average molecular weight is 467 g/mol. The highest BCUT2D eigenvalue weighted by Crippen LogP contribution is 2.51. The Balaban J connectivity index is 1.44. The topological polar surface area (TPSA) is 88.1 Å². The van der Waals surface area contributed by atoms with Gasteiger partial charge >= 0.3 is 17.9 Å². The van der Waals surface area contributed by atoms with Crippen molar-refractivity contribution in [2.75, 3.05) is 19.8 Å². The fourth-order valence-electron chi connectivity index (χ4n) is 5.96. The van der Waals surface area contributed by atoms with Crippen molar-refractivity contribution in [3.8, 4) is 0 Å². The van der Waals surface area contributed by atoms with Crippen LogP contribution in [0, 0.1) is 28.1 Å². The van der Waals surface area contributed by atoms with Gasteiger partial charge in [-0.25, -0.2) is 4.79 Å². The van der Waals surface area contributed by atoms with Gasteiger partial charge in [0.15, 0.2) is 0 Å². The van der Waals surface area contributed by atoms with Gasteiger partial charge in [0.25, 0.3) is 0 Å². The first-order chi connectivity index (χ1) is 15.1. The van der Waals surface area contributed by atoms with Crippen LogP contribution in [0.15, 0.2) is 0 Å².